The maximum atomic E-state index is 5.86. The molecule has 0 bridgehead atoms. The predicted molar refractivity (Wildman–Crippen MR) is 57.8 cm³/mol. The Balaban J connectivity index is 2.18. The van der Waals surface area contributed by atoms with Gasteiger partial charge in [0.2, 0.25) is 5.65 Å². The summed E-state index contributed by atoms with van der Waals surface area (Å²) in [5.74, 6) is 0. The number of hydrogen-bond donors (Lipinski definition) is 0. The average molecular weight is 233 g/mol. The SMILES string of the molecule is Clc1cncc(-c2cnc3nonc3c2)c1. The molecule has 6 heteroatoms. The molecule has 0 saturated carbocycles. The van der Waals surface area contributed by atoms with E-state index in [9.17, 15) is 0 Å². The van der Waals surface area contributed by atoms with Crippen molar-refractivity contribution >= 4 is 22.8 Å². The third-order valence-electron chi connectivity index (χ3n) is 2.15. The lowest BCUT2D eigenvalue weighted by Gasteiger charge is -1.99. The molecule has 16 heavy (non-hydrogen) atoms. The molecule has 0 radical (unpaired) electrons. The van der Waals surface area contributed by atoms with Crippen molar-refractivity contribution < 1.29 is 4.63 Å². The second-order valence-corrected chi connectivity index (χ2v) is 3.66. The Morgan fingerprint density at radius 3 is 2.75 bits per heavy atom. The monoisotopic (exact) mass is 232 g/mol. The van der Waals surface area contributed by atoms with E-state index in [0.717, 1.165) is 11.1 Å². The molecule has 0 amide bonds. The maximum Gasteiger partial charge on any atom is 0.224 e. The highest BCUT2D eigenvalue weighted by molar-refractivity contribution is 6.30. The fourth-order valence-electron chi connectivity index (χ4n) is 1.41. The average Bonchev–Trinajstić information content (AvgIpc) is 2.75. The molecule has 0 atom stereocenters. The second-order valence-electron chi connectivity index (χ2n) is 3.22. The fraction of sp³-hybridized carbons (Fsp3) is 0. The van der Waals surface area contributed by atoms with Crippen molar-refractivity contribution in [2.75, 3.05) is 0 Å². The topological polar surface area (TPSA) is 64.7 Å². The van der Waals surface area contributed by atoms with E-state index in [0.29, 0.717) is 16.2 Å². The van der Waals surface area contributed by atoms with Crippen LogP contribution in [0.3, 0.4) is 0 Å². The van der Waals surface area contributed by atoms with Crippen LogP contribution in [-0.4, -0.2) is 20.3 Å². The van der Waals surface area contributed by atoms with Gasteiger partial charge >= 0.3 is 0 Å². The molecule has 3 aromatic heterocycles. The van der Waals surface area contributed by atoms with E-state index in [-0.39, 0.29) is 0 Å². The molecule has 0 aliphatic carbocycles. The van der Waals surface area contributed by atoms with Crippen molar-refractivity contribution in [3.63, 3.8) is 0 Å². The van der Waals surface area contributed by atoms with Crippen molar-refractivity contribution in [3.05, 3.63) is 35.7 Å². The maximum absolute atomic E-state index is 5.86. The van der Waals surface area contributed by atoms with Crippen molar-refractivity contribution in [1.82, 2.24) is 20.3 Å². The van der Waals surface area contributed by atoms with E-state index in [2.05, 4.69) is 24.9 Å². The highest BCUT2D eigenvalue weighted by Crippen LogP contribution is 2.22. The summed E-state index contributed by atoms with van der Waals surface area (Å²) in [5, 5.41) is 7.94. The van der Waals surface area contributed by atoms with Gasteiger partial charge in [-0.15, -0.1) is 0 Å². The Morgan fingerprint density at radius 2 is 1.88 bits per heavy atom. The number of fused-ring (bicyclic) bond motifs is 1. The first kappa shape index (κ1) is 9.23. The highest BCUT2D eigenvalue weighted by Gasteiger charge is 2.05. The number of halogens is 1. The number of nitrogens with zero attached hydrogens (tertiary/aromatic N) is 4. The lowest BCUT2D eigenvalue weighted by atomic mass is 10.1. The van der Waals surface area contributed by atoms with Gasteiger partial charge in [-0.2, -0.15) is 0 Å². The summed E-state index contributed by atoms with van der Waals surface area (Å²) in [6.45, 7) is 0. The summed E-state index contributed by atoms with van der Waals surface area (Å²) in [5.41, 5.74) is 2.85. The summed E-state index contributed by atoms with van der Waals surface area (Å²) < 4.78 is 4.58. The highest BCUT2D eigenvalue weighted by atomic mass is 35.5. The molecule has 0 spiro atoms. The molecule has 3 aromatic rings. The summed E-state index contributed by atoms with van der Waals surface area (Å²) in [4.78, 5) is 8.12. The van der Waals surface area contributed by atoms with Gasteiger partial charge in [0.1, 0.15) is 0 Å². The summed E-state index contributed by atoms with van der Waals surface area (Å²) in [6.07, 6.45) is 4.97. The first-order valence-electron chi connectivity index (χ1n) is 4.52. The molecule has 0 aliphatic heterocycles. The zero-order valence-corrected chi connectivity index (χ0v) is 8.72. The molecule has 78 valence electrons. The third-order valence-corrected chi connectivity index (χ3v) is 2.36. The largest absolute Gasteiger partial charge is 0.263 e. The van der Waals surface area contributed by atoms with Crippen molar-refractivity contribution in [1.29, 1.82) is 0 Å². The minimum Gasteiger partial charge on any atom is -0.263 e. The standard InChI is InChI=1S/C10H5ClN4O/c11-8-1-6(3-12-5-8)7-2-9-10(13-4-7)15-16-14-9/h1-5H. The first-order valence-corrected chi connectivity index (χ1v) is 4.90. The van der Waals surface area contributed by atoms with E-state index >= 15 is 0 Å². The molecule has 0 N–H and O–H groups in total. The summed E-state index contributed by atoms with van der Waals surface area (Å²) in [6, 6.07) is 3.64. The van der Waals surface area contributed by atoms with Crippen LogP contribution in [0.5, 0.6) is 0 Å². The Labute approximate surface area is 95.0 Å². The van der Waals surface area contributed by atoms with Crippen LogP contribution in [0.2, 0.25) is 5.02 Å². The number of aromatic nitrogens is 4. The molecule has 0 fully saturated rings. The Bertz CT molecular complexity index is 652. The van der Waals surface area contributed by atoms with Gasteiger partial charge in [0.05, 0.1) is 5.02 Å². The van der Waals surface area contributed by atoms with Gasteiger partial charge in [-0.05, 0) is 22.4 Å². The smallest absolute Gasteiger partial charge is 0.224 e. The van der Waals surface area contributed by atoms with Crippen LogP contribution in [0.4, 0.5) is 0 Å². The van der Waals surface area contributed by atoms with E-state index in [1.165, 1.54) is 0 Å². The molecular weight excluding hydrogens is 228 g/mol. The Hall–Kier alpha value is -2.01. The van der Waals surface area contributed by atoms with Crippen molar-refractivity contribution in [3.8, 4) is 11.1 Å². The third kappa shape index (κ3) is 1.51. The quantitative estimate of drug-likeness (QED) is 0.644. The van der Waals surface area contributed by atoms with Crippen LogP contribution in [0.1, 0.15) is 0 Å². The molecule has 0 saturated heterocycles. The van der Waals surface area contributed by atoms with Crippen molar-refractivity contribution in [2.45, 2.75) is 0 Å². The van der Waals surface area contributed by atoms with Gasteiger partial charge in [0.15, 0.2) is 5.52 Å². The Morgan fingerprint density at radius 1 is 1.00 bits per heavy atom. The second kappa shape index (κ2) is 3.53. The molecule has 0 aliphatic rings. The van der Waals surface area contributed by atoms with E-state index in [1.54, 1.807) is 18.6 Å². The molecule has 3 heterocycles. The van der Waals surface area contributed by atoms with E-state index in [1.807, 2.05) is 12.1 Å². The van der Waals surface area contributed by atoms with Gasteiger partial charge in [-0.3, -0.25) is 4.98 Å². The van der Waals surface area contributed by atoms with Gasteiger partial charge in [-0.25, -0.2) is 9.61 Å². The zero-order valence-electron chi connectivity index (χ0n) is 7.96. The van der Waals surface area contributed by atoms with E-state index < -0.39 is 0 Å². The first-order chi connectivity index (χ1) is 7.83. The van der Waals surface area contributed by atoms with Gasteiger partial charge in [-0.1, -0.05) is 11.6 Å². The van der Waals surface area contributed by atoms with Crippen LogP contribution >= 0.6 is 11.6 Å². The van der Waals surface area contributed by atoms with Crippen LogP contribution in [-0.2, 0) is 0 Å². The zero-order chi connectivity index (χ0) is 11.0. The molecule has 5 nitrogen and oxygen atoms in total. The molecule has 0 unspecified atom stereocenters. The lowest BCUT2D eigenvalue weighted by molar-refractivity contribution is 0.315. The van der Waals surface area contributed by atoms with Crippen LogP contribution in [0.25, 0.3) is 22.3 Å². The van der Waals surface area contributed by atoms with Gasteiger partial charge in [0.25, 0.3) is 0 Å². The molecular formula is C10H5ClN4O. The molecule has 3 rings (SSSR count). The number of rotatable bonds is 1. The Kier molecular flexibility index (Phi) is 2.04. The van der Waals surface area contributed by atoms with Gasteiger partial charge in [0, 0.05) is 29.7 Å². The van der Waals surface area contributed by atoms with Crippen LogP contribution in [0, 0.1) is 0 Å². The van der Waals surface area contributed by atoms with Crippen LogP contribution in [0.15, 0.2) is 35.4 Å². The minimum absolute atomic E-state index is 0.485. The van der Waals surface area contributed by atoms with Crippen molar-refractivity contribution in [2.24, 2.45) is 0 Å². The number of hydrogen-bond acceptors (Lipinski definition) is 5. The molecule has 0 aromatic carbocycles. The summed E-state index contributed by atoms with van der Waals surface area (Å²) >= 11 is 5.86. The van der Waals surface area contributed by atoms with Crippen LogP contribution < -0.4 is 0 Å². The number of pyridine rings is 2. The van der Waals surface area contributed by atoms with E-state index in [4.69, 9.17) is 11.6 Å². The van der Waals surface area contributed by atoms with Gasteiger partial charge < -0.3 is 0 Å². The lowest BCUT2D eigenvalue weighted by Crippen LogP contribution is -1.83. The summed E-state index contributed by atoms with van der Waals surface area (Å²) in [7, 11) is 0. The predicted octanol–water partition coefficient (Wildman–Crippen LogP) is 2.33. The normalized spacial score (nSPS) is 10.8. The fourth-order valence-corrected chi connectivity index (χ4v) is 1.59. The minimum atomic E-state index is 0.485.